The van der Waals surface area contributed by atoms with Crippen LogP contribution in [0.4, 0.5) is 0 Å². The molecule has 14 heavy (non-hydrogen) atoms. The average molecular weight is 250 g/mol. The number of aromatic nitrogens is 2. The molecule has 0 saturated carbocycles. The highest BCUT2D eigenvalue weighted by atomic mass is 79.9. The molecule has 4 heteroatoms. The number of hydrogen-bond acceptors (Lipinski definition) is 2. The summed E-state index contributed by atoms with van der Waals surface area (Å²) in [4.78, 5) is 7.32. The van der Waals surface area contributed by atoms with E-state index in [0.29, 0.717) is 6.42 Å². The first kappa shape index (κ1) is 9.22. The molecule has 3 nitrogen and oxygen atoms in total. The Kier molecular flexibility index (Phi) is 2.51. The van der Waals surface area contributed by atoms with Gasteiger partial charge in [-0.2, -0.15) is 5.26 Å². The van der Waals surface area contributed by atoms with Crippen molar-refractivity contribution in [2.75, 3.05) is 0 Å². The minimum atomic E-state index is 0.545. The quantitative estimate of drug-likeness (QED) is 0.833. The summed E-state index contributed by atoms with van der Waals surface area (Å²) >= 11 is 3.31. The number of aryl methyl sites for hydroxylation is 1. The van der Waals surface area contributed by atoms with Crippen LogP contribution in [0.2, 0.25) is 0 Å². The van der Waals surface area contributed by atoms with Gasteiger partial charge in [-0.15, -0.1) is 0 Å². The molecule has 0 spiro atoms. The third-order valence-corrected chi connectivity index (χ3v) is 2.56. The number of rotatable bonds is 2. The van der Waals surface area contributed by atoms with Gasteiger partial charge in [0, 0.05) is 29.7 Å². The summed E-state index contributed by atoms with van der Waals surface area (Å²) in [6.07, 6.45) is 5.08. The van der Waals surface area contributed by atoms with Crippen molar-refractivity contribution in [2.45, 2.75) is 12.8 Å². The minimum Gasteiger partial charge on any atom is -0.361 e. The average Bonchev–Trinajstić information content (AvgIpc) is 2.57. The number of H-pyrrole nitrogens is 1. The first-order valence-corrected chi connectivity index (χ1v) is 5.09. The molecule has 0 aliphatic heterocycles. The molecule has 0 bridgehead atoms. The van der Waals surface area contributed by atoms with Crippen LogP contribution >= 0.6 is 15.9 Å². The summed E-state index contributed by atoms with van der Waals surface area (Å²) in [6.45, 7) is 0. The zero-order valence-corrected chi connectivity index (χ0v) is 9.00. The highest BCUT2D eigenvalue weighted by Crippen LogP contribution is 2.20. The van der Waals surface area contributed by atoms with E-state index in [1.807, 2.05) is 18.5 Å². The number of fused-ring (bicyclic) bond motifs is 1. The highest BCUT2D eigenvalue weighted by molar-refractivity contribution is 9.10. The van der Waals surface area contributed by atoms with Crippen LogP contribution in [-0.4, -0.2) is 9.97 Å². The molecule has 0 aromatic carbocycles. The van der Waals surface area contributed by atoms with Crippen LogP contribution in [0.3, 0.4) is 0 Å². The number of nitrogens with zero attached hydrogens (tertiary/aromatic N) is 2. The molecule has 0 aliphatic carbocycles. The molecular weight excluding hydrogens is 242 g/mol. The maximum atomic E-state index is 8.50. The van der Waals surface area contributed by atoms with Crippen LogP contribution in [0.25, 0.3) is 10.9 Å². The predicted octanol–water partition coefficient (Wildman–Crippen LogP) is 2.78. The Hall–Kier alpha value is -1.34. The Balaban J connectivity index is 2.43. The lowest BCUT2D eigenvalue weighted by Crippen LogP contribution is -1.81. The molecule has 2 heterocycles. The van der Waals surface area contributed by atoms with Crippen molar-refractivity contribution in [3.05, 3.63) is 28.6 Å². The minimum absolute atomic E-state index is 0.545. The maximum Gasteiger partial charge on any atom is 0.108 e. The topological polar surface area (TPSA) is 52.5 Å². The fourth-order valence-electron chi connectivity index (χ4n) is 1.45. The first-order chi connectivity index (χ1) is 6.81. The van der Waals surface area contributed by atoms with Gasteiger partial charge >= 0.3 is 0 Å². The highest BCUT2D eigenvalue weighted by Gasteiger charge is 2.03. The monoisotopic (exact) mass is 249 g/mol. The van der Waals surface area contributed by atoms with E-state index < -0.39 is 0 Å². The Morgan fingerprint density at radius 1 is 1.57 bits per heavy atom. The molecule has 0 unspecified atom stereocenters. The van der Waals surface area contributed by atoms with Gasteiger partial charge in [0.15, 0.2) is 0 Å². The van der Waals surface area contributed by atoms with E-state index in [0.717, 1.165) is 27.5 Å². The van der Waals surface area contributed by atoms with Gasteiger partial charge in [0.05, 0.1) is 6.07 Å². The van der Waals surface area contributed by atoms with Gasteiger partial charge in [0.1, 0.15) is 4.60 Å². The summed E-state index contributed by atoms with van der Waals surface area (Å²) in [7, 11) is 0. The van der Waals surface area contributed by atoms with Crippen molar-refractivity contribution in [1.82, 2.24) is 9.97 Å². The first-order valence-electron chi connectivity index (χ1n) is 4.29. The number of hydrogen-bond donors (Lipinski definition) is 1. The Bertz CT molecular complexity index is 496. The molecule has 0 amide bonds. The van der Waals surface area contributed by atoms with Gasteiger partial charge < -0.3 is 4.98 Å². The second-order valence-corrected chi connectivity index (χ2v) is 3.84. The van der Waals surface area contributed by atoms with Crippen molar-refractivity contribution in [1.29, 1.82) is 5.26 Å². The normalized spacial score (nSPS) is 10.3. The third-order valence-electron chi connectivity index (χ3n) is 2.12. The largest absolute Gasteiger partial charge is 0.361 e. The number of aromatic amines is 1. The van der Waals surface area contributed by atoms with E-state index in [4.69, 9.17) is 5.26 Å². The molecule has 0 fully saturated rings. The fourth-order valence-corrected chi connectivity index (χ4v) is 1.78. The van der Waals surface area contributed by atoms with Crippen molar-refractivity contribution in [3.63, 3.8) is 0 Å². The van der Waals surface area contributed by atoms with Crippen molar-refractivity contribution in [3.8, 4) is 6.07 Å². The number of nitriles is 1. The summed E-state index contributed by atoms with van der Waals surface area (Å²) in [5.74, 6) is 0. The SMILES string of the molecule is N#CCCc1c[nH]c2cc(Br)ncc12. The number of pyridine rings is 1. The Labute approximate surface area is 89.9 Å². The summed E-state index contributed by atoms with van der Waals surface area (Å²) in [5, 5.41) is 9.60. The van der Waals surface area contributed by atoms with E-state index in [2.05, 4.69) is 32.0 Å². The second kappa shape index (κ2) is 3.81. The second-order valence-electron chi connectivity index (χ2n) is 3.02. The predicted molar refractivity (Wildman–Crippen MR) is 57.7 cm³/mol. The Morgan fingerprint density at radius 2 is 2.43 bits per heavy atom. The van der Waals surface area contributed by atoms with Gasteiger partial charge in [-0.1, -0.05) is 0 Å². The van der Waals surface area contributed by atoms with Crippen LogP contribution < -0.4 is 0 Å². The van der Waals surface area contributed by atoms with Gasteiger partial charge in [0.25, 0.3) is 0 Å². The van der Waals surface area contributed by atoms with Crippen LogP contribution in [-0.2, 0) is 6.42 Å². The lowest BCUT2D eigenvalue weighted by Gasteiger charge is -1.94. The molecular formula is C10H8BrN3. The number of nitrogens with one attached hydrogen (secondary N) is 1. The van der Waals surface area contributed by atoms with Crippen molar-refractivity contribution >= 4 is 26.8 Å². The van der Waals surface area contributed by atoms with E-state index in [-0.39, 0.29) is 0 Å². The standard InChI is InChI=1S/C10H8BrN3/c11-10-4-9-8(6-14-10)7(5-13-9)2-1-3-12/h4-6,13H,1-2H2. The van der Waals surface area contributed by atoms with Gasteiger partial charge in [-0.3, -0.25) is 0 Å². The lowest BCUT2D eigenvalue weighted by atomic mass is 10.1. The van der Waals surface area contributed by atoms with E-state index >= 15 is 0 Å². The Morgan fingerprint density at radius 3 is 3.21 bits per heavy atom. The zero-order valence-electron chi connectivity index (χ0n) is 7.42. The molecule has 0 saturated heterocycles. The molecule has 0 aliphatic rings. The number of halogens is 1. The molecule has 1 N–H and O–H groups in total. The van der Waals surface area contributed by atoms with Crippen molar-refractivity contribution < 1.29 is 0 Å². The molecule has 2 aromatic heterocycles. The van der Waals surface area contributed by atoms with Crippen LogP contribution in [0.1, 0.15) is 12.0 Å². The van der Waals surface area contributed by atoms with E-state index in [1.165, 1.54) is 0 Å². The zero-order chi connectivity index (χ0) is 9.97. The molecule has 70 valence electrons. The van der Waals surface area contributed by atoms with Crippen LogP contribution in [0, 0.1) is 11.3 Å². The summed E-state index contributed by atoms with van der Waals surface area (Å²) in [6, 6.07) is 4.07. The van der Waals surface area contributed by atoms with Gasteiger partial charge in [-0.25, -0.2) is 4.98 Å². The van der Waals surface area contributed by atoms with Gasteiger partial charge in [0.2, 0.25) is 0 Å². The molecule has 0 radical (unpaired) electrons. The molecule has 2 aromatic rings. The molecule has 0 atom stereocenters. The molecule has 2 rings (SSSR count). The van der Waals surface area contributed by atoms with Crippen LogP contribution in [0.5, 0.6) is 0 Å². The third kappa shape index (κ3) is 1.64. The van der Waals surface area contributed by atoms with Gasteiger partial charge in [-0.05, 0) is 34.0 Å². The fraction of sp³-hybridized carbons (Fsp3) is 0.200. The smallest absolute Gasteiger partial charge is 0.108 e. The van der Waals surface area contributed by atoms with Crippen molar-refractivity contribution in [2.24, 2.45) is 0 Å². The lowest BCUT2D eigenvalue weighted by molar-refractivity contribution is 1.02. The summed E-state index contributed by atoms with van der Waals surface area (Å²) in [5.41, 5.74) is 2.21. The van der Waals surface area contributed by atoms with E-state index in [1.54, 1.807) is 0 Å². The van der Waals surface area contributed by atoms with Crippen LogP contribution in [0.15, 0.2) is 23.1 Å². The summed E-state index contributed by atoms with van der Waals surface area (Å²) < 4.78 is 0.818. The maximum absolute atomic E-state index is 8.50. The van der Waals surface area contributed by atoms with E-state index in [9.17, 15) is 0 Å².